The molecule has 1 saturated carbocycles. The maximum Gasteiger partial charge on any atom is 0.194 e. The lowest BCUT2D eigenvalue weighted by atomic mass is 9.77. The first-order valence-electron chi connectivity index (χ1n) is 8.83. The molecule has 2 aromatic rings. The van der Waals surface area contributed by atoms with Crippen LogP contribution in [0.1, 0.15) is 65.8 Å². The molecule has 25 heavy (non-hydrogen) atoms. The van der Waals surface area contributed by atoms with Crippen LogP contribution in [0, 0.1) is 23.4 Å². The molecule has 2 aromatic carbocycles. The second-order valence-corrected chi connectivity index (χ2v) is 6.88. The summed E-state index contributed by atoms with van der Waals surface area (Å²) in [5.41, 5.74) is 2.36. The first-order valence-corrected chi connectivity index (χ1v) is 8.83. The van der Waals surface area contributed by atoms with E-state index >= 15 is 0 Å². The van der Waals surface area contributed by atoms with Crippen molar-refractivity contribution in [1.82, 2.24) is 0 Å². The Balaban J connectivity index is 0.00000169. The van der Waals surface area contributed by atoms with Crippen molar-refractivity contribution < 1.29 is 14.6 Å². The van der Waals surface area contributed by atoms with Crippen molar-refractivity contribution in [3.05, 3.63) is 59.4 Å². The van der Waals surface area contributed by atoms with Crippen LogP contribution in [-0.2, 0) is 0 Å². The van der Waals surface area contributed by atoms with Gasteiger partial charge in [-0.3, -0.25) is 0 Å². The molecule has 1 aliphatic rings. The third-order valence-electron chi connectivity index (χ3n) is 5.24. The van der Waals surface area contributed by atoms with Crippen molar-refractivity contribution in [2.24, 2.45) is 5.92 Å². The van der Waals surface area contributed by atoms with Gasteiger partial charge in [0.1, 0.15) is 0 Å². The van der Waals surface area contributed by atoms with Crippen LogP contribution in [-0.4, -0.2) is 0 Å². The predicted octanol–water partition coefficient (Wildman–Crippen LogP) is 7.73. The van der Waals surface area contributed by atoms with Gasteiger partial charge in [0.15, 0.2) is 17.5 Å². The smallest absolute Gasteiger partial charge is 0.194 e. The van der Waals surface area contributed by atoms with Crippen LogP contribution >= 0.6 is 0 Å². The summed E-state index contributed by atoms with van der Waals surface area (Å²) in [5.74, 6) is -2.27. The van der Waals surface area contributed by atoms with E-state index in [1.165, 1.54) is 44.1 Å². The molecule has 0 spiro atoms. The first kappa shape index (κ1) is 19.6. The molecule has 0 nitrogen and oxygen atoms in total. The SMILES string of the molecule is C.CCCC1CCC(c2ccc(-c3cc(F)c(F)c(F)c3)cc2)CC1.[HH]. The average Bonchev–Trinajstić information content (AvgIpc) is 2.60. The summed E-state index contributed by atoms with van der Waals surface area (Å²) in [6, 6.07) is 9.92. The third kappa shape index (κ3) is 4.45. The Hall–Kier alpha value is -1.77. The number of halogens is 3. The standard InChI is InChI=1S/C21H23F3.CH4.H2/c1-2-3-14-4-6-15(7-5-14)16-8-10-17(11-9-16)18-12-19(22)21(24)20(23)13-18;;/h8-15H,2-7H2,1H3;1H4;1H. The fourth-order valence-corrected chi connectivity index (χ4v) is 3.86. The molecule has 0 aromatic heterocycles. The van der Waals surface area contributed by atoms with E-state index < -0.39 is 17.5 Å². The summed E-state index contributed by atoms with van der Waals surface area (Å²) in [7, 11) is 0. The van der Waals surface area contributed by atoms with Crippen LogP contribution in [0.25, 0.3) is 11.1 Å². The van der Waals surface area contributed by atoms with E-state index in [-0.39, 0.29) is 8.85 Å². The lowest BCUT2D eigenvalue weighted by Crippen LogP contribution is -2.13. The molecule has 0 bridgehead atoms. The summed E-state index contributed by atoms with van der Waals surface area (Å²) in [4.78, 5) is 0. The van der Waals surface area contributed by atoms with E-state index in [4.69, 9.17) is 0 Å². The molecule has 3 heteroatoms. The van der Waals surface area contributed by atoms with Crippen LogP contribution in [0.5, 0.6) is 0 Å². The Labute approximate surface area is 150 Å². The zero-order valence-corrected chi connectivity index (χ0v) is 14.0. The number of hydrogen-bond acceptors (Lipinski definition) is 0. The second kappa shape index (κ2) is 8.55. The van der Waals surface area contributed by atoms with Crippen molar-refractivity contribution in [2.45, 2.75) is 58.8 Å². The fraction of sp³-hybridized carbons (Fsp3) is 0.455. The van der Waals surface area contributed by atoms with Gasteiger partial charge in [0.05, 0.1) is 0 Å². The third-order valence-corrected chi connectivity index (χ3v) is 5.24. The Morgan fingerprint density at radius 1 is 0.880 bits per heavy atom. The van der Waals surface area contributed by atoms with Crippen molar-refractivity contribution in [3.8, 4) is 11.1 Å². The molecule has 138 valence electrons. The maximum absolute atomic E-state index is 13.4. The van der Waals surface area contributed by atoms with Crippen LogP contribution in [0.4, 0.5) is 13.2 Å². The maximum atomic E-state index is 13.4. The minimum atomic E-state index is -1.42. The van der Waals surface area contributed by atoms with E-state index in [0.29, 0.717) is 17.0 Å². The minimum Gasteiger partial charge on any atom is -0.204 e. The van der Waals surface area contributed by atoms with E-state index in [2.05, 4.69) is 6.92 Å². The molecule has 0 radical (unpaired) electrons. The van der Waals surface area contributed by atoms with Gasteiger partial charge < -0.3 is 0 Å². The summed E-state index contributed by atoms with van der Waals surface area (Å²) < 4.78 is 39.8. The van der Waals surface area contributed by atoms with Crippen LogP contribution in [0.3, 0.4) is 0 Å². The van der Waals surface area contributed by atoms with Crippen molar-refractivity contribution >= 4 is 0 Å². The molecule has 0 unspecified atom stereocenters. The molecule has 1 fully saturated rings. The highest BCUT2D eigenvalue weighted by molar-refractivity contribution is 5.64. The quantitative estimate of drug-likeness (QED) is 0.495. The topological polar surface area (TPSA) is 0 Å². The van der Waals surface area contributed by atoms with Crippen LogP contribution < -0.4 is 0 Å². The molecule has 3 rings (SSSR count). The summed E-state index contributed by atoms with van der Waals surface area (Å²) in [6.45, 7) is 2.24. The minimum absolute atomic E-state index is 0. The Kier molecular flexibility index (Phi) is 6.69. The second-order valence-electron chi connectivity index (χ2n) is 6.88. The van der Waals surface area contributed by atoms with Gasteiger partial charge in [0, 0.05) is 1.43 Å². The van der Waals surface area contributed by atoms with Gasteiger partial charge >= 0.3 is 0 Å². The molecule has 0 atom stereocenters. The van der Waals surface area contributed by atoms with E-state index in [1.54, 1.807) is 0 Å². The molecule has 0 heterocycles. The lowest BCUT2D eigenvalue weighted by Gasteiger charge is -2.28. The van der Waals surface area contributed by atoms with Gasteiger partial charge in [-0.1, -0.05) is 51.5 Å². The zero-order valence-electron chi connectivity index (χ0n) is 14.0. The van der Waals surface area contributed by atoms with Crippen molar-refractivity contribution in [1.29, 1.82) is 0 Å². The van der Waals surface area contributed by atoms with Gasteiger partial charge in [0.2, 0.25) is 0 Å². The molecule has 0 aliphatic heterocycles. The lowest BCUT2D eigenvalue weighted by molar-refractivity contribution is 0.308. The van der Waals surface area contributed by atoms with Gasteiger partial charge in [-0.2, -0.15) is 0 Å². The van der Waals surface area contributed by atoms with E-state index in [9.17, 15) is 13.2 Å². The molecule has 1 aliphatic carbocycles. The molecular weight excluding hydrogens is 321 g/mol. The van der Waals surface area contributed by atoms with Gasteiger partial charge in [-0.05, 0) is 66.3 Å². The van der Waals surface area contributed by atoms with Crippen molar-refractivity contribution in [2.75, 3.05) is 0 Å². The first-order chi connectivity index (χ1) is 11.6. The monoisotopic (exact) mass is 350 g/mol. The Bertz CT molecular complexity index is 666. The summed E-state index contributed by atoms with van der Waals surface area (Å²) in [5, 5.41) is 0. The number of rotatable bonds is 4. The zero-order chi connectivity index (χ0) is 17.1. The molecular formula is C22H29F3. The van der Waals surface area contributed by atoms with Gasteiger partial charge in [-0.15, -0.1) is 0 Å². The van der Waals surface area contributed by atoms with E-state index in [0.717, 1.165) is 18.1 Å². The highest BCUT2D eigenvalue weighted by Gasteiger charge is 2.21. The summed E-state index contributed by atoms with van der Waals surface area (Å²) >= 11 is 0. The highest BCUT2D eigenvalue weighted by Crippen LogP contribution is 2.38. The molecule has 0 amide bonds. The largest absolute Gasteiger partial charge is 0.204 e. The number of hydrogen-bond donors (Lipinski definition) is 0. The fourth-order valence-electron chi connectivity index (χ4n) is 3.86. The molecule has 0 N–H and O–H groups in total. The Morgan fingerprint density at radius 2 is 1.44 bits per heavy atom. The van der Waals surface area contributed by atoms with E-state index in [1.807, 2.05) is 24.3 Å². The Morgan fingerprint density at radius 3 is 1.96 bits per heavy atom. The normalized spacial score (nSPS) is 20.2. The van der Waals surface area contributed by atoms with Crippen LogP contribution in [0.2, 0.25) is 0 Å². The van der Waals surface area contributed by atoms with Gasteiger partial charge in [0.25, 0.3) is 0 Å². The highest BCUT2D eigenvalue weighted by atomic mass is 19.2. The summed E-state index contributed by atoms with van der Waals surface area (Å²) in [6.07, 6.45) is 7.58. The average molecular weight is 350 g/mol. The van der Waals surface area contributed by atoms with Gasteiger partial charge in [-0.25, -0.2) is 13.2 Å². The predicted molar refractivity (Wildman–Crippen MR) is 100 cm³/mol. The number of benzene rings is 2. The molecule has 0 saturated heterocycles. The van der Waals surface area contributed by atoms with Crippen molar-refractivity contribution in [3.63, 3.8) is 0 Å². The van der Waals surface area contributed by atoms with Crippen LogP contribution in [0.15, 0.2) is 36.4 Å².